The van der Waals surface area contributed by atoms with Crippen LogP contribution in [0.2, 0.25) is 0 Å². The summed E-state index contributed by atoms with van der Waals surface area (Å²) in [6, 6.07) is 10.5. The lowest BCUT2D eigenvalue weighted by Gasteiger charge is -2.33. The molecule has 2 aromatic heterocycles. The summed E-state index contributed by atoms with van der Waals surface area (Å²) in [7, 11) is 1.68. The van der Waals surface area contributed by atoms with Gasteiger partial charge in [0, 0.05) is 32.5 Å². The lowest BCUT2D eigenvalue weighted by Crippen LogP contribution is -2.33. The Labute approximate surface area is 158 Å². The lowest BCUT2D eigenvalue weighted by atomic mass is 10.0. The summed E-state index contributed by atoms with van der Waals surface area (Å²) >= 11 is 0. The number of nitrogens with zero attached hydrogens (tertiary/aromatic N) is 5. The van der Waals surface area contributed by atoms with Gasteiger partial charge in [-0.3, -0.25) is 4.90 Å². The number of methoxy groups -OCH3 is 1. The van der Waals surface area contributed by atoms with Crippen LogP contribution in [-0.2, 0) is 17.7 Å². The Morgan fingerprint density at radius 2 is 2.15 bits per heavy atom. The van der Waals surface area contributed by atoms with Gasteiger partial charge in [-0.15, -0.1) is 0 Å². The number of hydrogen-bond donors (Lipinski definition) is 0. The molecule has 1 fully saturated rings. The lowest BCUT2D eigenvalue weighted by molar-refractivity contribution is 0.111. The highest BCUT2D eigenvalue weighted by Gasteiger charge is 2.29. The molecule has 1 saturated heterocycles. The van der Waals surface area contributed by atoms with E-state index in [1.807, 2.05) is 23.0 Å². The summed E-state index contributed by atoms with van der Waals surface area (Å²) in [5.74, 6) is 1.44. The molecule has 0 spiro atoms. The van der Waals surface area contributed by atoms with Gasteiger partial charge in [0.25, 0.3) is 0 Å². The van der Waals surface area contributed by atoms with Crippen LogP contribution in [0.4, 0.5) is 0 Å². The van der Waals surface area contributed by atoms with Gasteiger partial charge in [-0.2, -0.15) is 10.1 Å². The minimum Gasteiger partial charge on any atom is -0.384 e. The van der Waals surface area contributed by atoms with E-state index in [0.29, 0.717) is 18.9 Å². The van der Waals surface area contributed by atoms with E-state index in [4.69, 9.17) is 9.26 Å². The number of rotatable bonds is 7. The third-order valence-electron chi connectivity index (χ3n) is 5.03. The molecular weight excluding hydrogens is 342 g/mol. The van der Waals surface area contributed by atoms with Gasteiger partial charge in [0.1, 0.15) is 0 Å². The average Bonchev–Trinajstić information content (AvgIpc) is 3.39. The van der Waals surface area contributed by atoms with Crippen molar-refractivity contribution in [1.82, 2.24) is 24.8 Å². The molecule has 0 radical (unpaired) electrons. The third kappa shape index (κ3) is 4.09. The van der Waals surface area contributed by atoms with Crippen LogP contribution in [0.1, 0.15) is 42.6 Å². The molecule has 1 aromatic carbocycles. The van der Waals surface area contributed by atoms with Gasteiger partial charge in [0.15, 0.2) is 5.82 Å². The van der Waals surface area contributed by atoms with Crippen molar-refractivity contribution in [3.05, 3.63) is 60.0 Å². The maximum absolute atomic E-state index is 5.60. The number of likely N-dealkylation sites (tertiary alicyclic amines) is 1. The molecule has 0 bridgehead atoms. The fourth-order valence-electron chi connectivity index (χ4n) is 3.66. The van der Waals surface area contributed by atoms with E-state index >= 15 is 0 Å². The fourth-order valence-corrected chi connectivity index (χ4v) is 3.66. The van der Waals surface area contributed by atoms with E-state index in [0.717, 1.165) is 31.1 Å². The topological polar surface area (TPSA) is 69.2 Å². The summed E-state index contributed by atoms with van der Waals surface area (Å²) < 4.78 is 12.6. The standard InChI is InChI=1S/C20H25N5O2/c1-26-14-10-19-22-20(27-23-19)18-9-4-5-12-24(18)15-16-7-2-3-8-17(16)25-13-6-11-21-25/h2-3,6-8,11,13,18H,4-5,9-10,12,14-15H2,1H3/t18-/m1/s1. The average molecular weight is 367 g/mol. The Hall–Kier alpha value is -2.51. The molecule has 142 valence electrons. The van der Waals surface area contributed by atoms with E-state index in [1.165, 1.54) is 18.4 Å². The van der Waals surface area contributed by atoms with Crippen LogP contribution in [0.3, 0.4) is 0 Å². The number of hydrogen-bond acceptors (Lipinski definition) is 6. The molecule has 3 aromatic rings. The molecule has 27 heavy (non-hydrogen) atoms. The highest BCUT2D eigenvalue weighted by molar-refractivity contribution is 5.40. The summed E-state index contributed by atoms with van der Waals surface area (Å²) in [6.45, 7) is 2.45. The number of ether oxygens (including phenoxy) is 1. The number of piperidine rings is 1. The summed E-state index contributed by atoms with van der Waals surface area (Å²) in [6.07, 6.45) is 7.86. The van der Waals surface area contributed by atoms with Crippen molar-refractivity contribution < 1.29 is 9.26 Å². The third-order valence-corrected chi connectivity index (χ3v) is 5.03. The minimum absolute atomic E-state index is 0.160. The predicted molar refractivity (Wildman–Crippen MR) is 100 cm³/mol. The van der Waals surface area contributed by atoms with Crippen LogP contribution in [0.15, 0.2) is 47.2 Å². The van der Waals surface area contributed by atoms with Gasteiger partial charge in [-0.05, 0) is 37.1 Å². The van der Waals surface area contributed by atoms with Gasteiger partial charge in [-0.25, -0.2) is 4.68 Å². The second kappa shape index (κ2) is 8.45. The Morgan fingerprint density at radius 3 is 3.00 bits per heavy atom. The van der Waals surface area contributed by atoms with Gasteiger partial charge in [0.2, 0.25) is 5.89 Å². The molecular formula is C20H25N5O2. The molecule has 0 aliphatic carbocycles. The molecule has 0 saturated carbocycles. The van der Waals surface area contributed by atoms with E-state index in [-0.39, 0.29) is 6.04 Å². The van der Waals surface area contributed by atoms with E-state index < -0.39 is 0 Å². The van der Waals surface area contributed by atoms with Gasteiger partial charge in [-0.1, -0.05) is 29.8 Å². The molecule has 1 atom stereocenters. The largest absolute Gasteiger partial charge is 0.384 e. The highest BCUT2D eigenvalue weighted by atomic mass is 16.5. The number of para-hydroxylation sites is 1. The summed E-state index contributed by atoms with van der Waals surface area (Å²) in [5, 5.41) is 8.52. The zero-order valence-electron chi connectivity index (χ0n) is 15.6. The molecule has 0 unspecified atom stereocenters. The Bertz CT molecular complexity index is 846. The maximum atomic E-state index is 5.60. The van der Waals surface area contributed by atoms with Gasteiger partial charge in [0.05, 0.1) is 18.3 Å². The SMILES string of the molecule is COCCc1noc([C@H]2CCCCN2Cc2ccccc2-n2cccn2)n1. The molecule has 1 aliphatic rings. The molecule has 0 amide bonds. The van der Waals surface area contributed by atoms with Crippen LogP contribution in [-0.4, -0.2) is 45.1 Å². The predicted octanol–water partition coefficient (Wildman–Crippen LogP) is 3.17. The molecule has 7 heteroatoms. The highest BCUT2D eigenvalue weighted by Crippen LogP contribution is 2.32. The summed E-state index contributed by atoms with van der Waals surface area (Å²) in [5.41, 5.74) is 2.35. The Morgan fingerprint density at radius 1 is 1.22 bits per heavy atom. The van der Waals surface area contributed by atoms with E-state index in [1.54, 1.807) is 13.3 Å². The second-order valence-corrected chi connectivity index (χ2v) is 6.85. The van der Waals surface area contributed by atoms with Gasteiger partial charge >= 0.3 is 0 Å². The first kappa shape index (κ1) is 17.9. The minimum atomic E-state index is 0.160. The van der Waals surface area contributed by atoms with Crippen molar-refractivity contribution in [2.24, 2.45) is 0 Å². The molecule has 0 N–H and O–H groups in total. The first-order valence-corrected chi connectivity index (χ1v) is 9.48. The van der Waals surface area contributed by atoms with E-state index in [2.05, 4.69) is 38.3 Å². The van der Waals surface area contributed by atoms with Crippen LogP contribution >= 0.6 is 0 Å². The van der Waals surface area contributed by atoms with Crippen molar-refractivity contribution in [2.45, 2.75) is 38.3 Å². The monoisotopic (exact) mass is 367 g/mol. The number of aromatic nitrogens is 4. The van der Waals surface area contributed by atoms with Crippen LogP contribution in [0, 0.1) is 0 Å². The number of benzene rings is 1. The zero-order valence-corrected chi connectivity index (χ0v) is 15.6. The van der Waals surface area contributed by atoms with Crippen molar-refractivity contribution in [1.29, 1.82) is 0 Å². The molecule has 3 heterocycles. The quantitative estimate of drug-likeness (QED) is 0.639. The van der Waals surface area contributed by atoms with Gasteiger partial charge < -0.3 is 9.26 Å². The first-order chi connectivity index (χ1) is 13.3. The van der Waals surface area contributed by atoms with Crippen molar-refractivity contribution in [3.63, 3.8) is 0 Å². The van der Waals surface area contributed by atoms with Crippen molar-refractivity contribution >= 4 is 0 Å². The van der Waals surface area contributed by atoms with Crippen LogP contribution in [0.5, 0.6) is 0 Å². The second-order valence-electron chi connectivity index (χ2n) is 6.85. The maximum Gasteiger partial charge on any atom is 0.244 e. The normalized spacial score (nSPS) is 18.0. The van der Waals surface area contributed by atoms with Crippen LogP contribution in [0.25, 0.3) is 5.69 Å². The zero-order chi connectivity index (χ0) is 18.5. The van der Waals surface area contributed by atoms with Crippen molar-refractivity contribution in [3.8, 4) is 5.69 Å². The van der Waals surface area contributed by atoms with Crippen LogP contribution < -0.4 is 0 Å². The molecule has 7 nitrogen and oxygen atoms in total. The molecule has 4 rings (SSSR count). The Kier molecular flexibility index (Phi) is 5.60. The fraction of sp³-hybridized carbons (Fsp3) is 0.450. The van der Waals surface area contributed by atoms with Crippen molar-refractivity contribution in [2.75, 3.05) is 20.3 Å². The van der Waals surface area contributed by atoms with E-state index in [9.17, 15) is 0 Å². The Balaban J connectivity index is 1.55. The smallest absolute Gasteiger partial charge is 0.244 e. The molecule has 1 aliphatic heterocycles. The first-order valence-electron chi connectivity index (χ1n) is 9.48. The summed E-state index contributed by atoms with van der Waals surface area (Å²) in [4.78, 5) is 7.06.